The Morgan fingerprint density at radius 2 is 1.90 bits per heavy atom. The van der Waals surface area contributed by atoms with Gasteiger partial charge in [-0.3, -0.25) is 4.79 Å². The van der Waals surface area contributed by atoms with Gasteiger partial charge in [-0.15, -0.1) is 0 Å². The summed E-state index contributed by atoms with van der Waals surface area (Å²) in [6.45, 7) is 13.3. The Balaban J connectivity index is 2.04. The minimum Gasteiger partial charge on any atom is -0.466 e. The molecular formula is C16H27NO4. The van der Waals surface area contributed by atoms with E-state index in [9.17, 15) is 9.59 Å². The Morgan fingerprint density at radius 1 is 1.29 bits per heavy atom. The van der Waals surface area contributed by atoms with Gasteiger partial charge >= 0.3 is 12.1 Å². The fourth-order valence-electron chi connectivity index (χ4n) is 3.56. The standard InChI is InChI=1S/C16H27NO4/c1-7-20-13(18)12-11-9-17(8-10(2)16(11,12)6)14(19)21-15(3,4)5/h10-12H,7-9H2,1-6H3. The normalized spacial score (nSPS) is 35.0. The minimum absolute atomic E-state index is 0.0369. The molecule has 0 aromatic heterocycles. The highest BCUT2D eigenvalue weighted by Gasteiger charge is 2.70. The van der Waals surface area contributed by atoms with Gasteiger partial charge in [0.2, 0.25) is 0 Å². The number of hydrogen-bond donors (Lipinski definition) is 0. The third-order valence-corrected chi connectivity index (χ3v) is 4.93. The molecule has 5 heteroatoms. The van der Waals surface area contributed by atoms with Crippen LogP contribution in [0.15, 0.2) is 0 Å². The summed E-state index contributed by atoms with van der Waals surface area (Å²) in [4.78, 5) is 26.0. The van der Waals surface area contributed by atoms with E-state index >= 15 is 0 Å². The molecule has 2 rings (SSSR count). The monoisotopic (exact) mass is 297 g/mol. The van der Waals surface area contributed by atoms with Gasteiger partial charge < -0.3 is 14.4 Å². The van der Waals surface area contributed by atoms with Gasteiger partial charge in [0.15, 0.2) is 0 Å². The van der Waals surface area contributed by atoms with Crippen LogP contribution in [0.3, 0.4) is 0 Å². The second-order valence-electron chi connectivity index (χ2n) is 7.49. The van der Waals surface area contributed by atoms with E-state index in [-0.39, 0.29) is 35.2 Å². The van der Waals surface area contributed by atoms with E-state index in [1.807, 2.05) is 27.7 Å². The lowest BCUT2D eigenvalue weighted by Crippen LogP contribution is -2.45. The quantitative estimate of drug-likeness (QED) is 0.735. The average Bonchev–Trinajstić information content (AvgIpc) is 2.94. The van der Waals surface area contributed by atoms with Crippen molar-refractivity contribution in [1.29, 1.82) is 0 Å². The summed E-state index contributed by atoms with van der Waals surface area (Å²) in [5.74, 6) is 0.244. The maximum absolute atomic E-state index is 12.2. The molecule has 2 aliphatic rings. The van der Waals surface area contributed by atoms with Crippen molar-refractivity contribution in [3.8, 4) is 0 Å². The molecule has 0 bridgehead atoms. The number of likely N-dealkylation sites (tertiary alicyclic amines) is 1. The first-order chi connectivity index (χ1) is 9.61. The van der Waals surface area contributed by atoms with E-state index in [4.69, 9.17) is 9.47 Å². The van der Waals surface area contributed by atoms with Crippen molar-refractivity contribution in [3.63, 3.8) is 0 Å². The van der Waals surface area contributed by atoms with Crippen molar-refractivity contribution in [1.82, 2.24) is 4.90 Å². The van der Waals surface area contributed by atoms with Crippen LogP contribution in [0.2, 0.25) is 0 Å². The van der Waals surface area contributed by atoms with Crippen molar-refractivity contribution in [2.24, 2.45) is 23.2 Å². The van der Waals surface area contributed by atoms with E-state index in [0.29, 0.717) is 19.7 Å². The second kappa shape index (κ2) is 5.18. The Labute approximate surface area is 127 Å². The van der Waals surface area contributed by atoms with Crippen molar-refractivity contribution < 1.29 is 19.1 Å². The number of amides is 1. The average molecular weight is 297 g/mol. The molecule has 0 aromatic carbocycles. The van der Waals surface area contributed by atoms with Crippen LogP contribution in [0.5, 0.6) is 0 Å². The number of fused-ring (bicyclic) bond motifs is 1. The summed E-state index contributed by atoms with van der Waals surface area (Å²) < 4.78 is 10.6. The van der Waals surface area contributed by atoms with Gasteiger partial charge in [-0.2, -0.15) is 0 Å². The van der Waals surface area contributed by atoms with Crippen molar-refractivity contribution in [2.75, 3.05) is 19.7 Å². The van der Waals surface area contributed by atoms with Crippen molar-refractivity contribution >= 4 is 12.1 Å². The topological polar surface area (TPSA) is 55.8 Å². The van der Waals surface area contributed by atoms with E-state index in [0.717, 1.165) is 0 Å². The first kappa shape index (κ1) is 16.1. The number of esters is 1. The van der Waals surface area contributed by atoms with Gasteiger partial charge in [-0.1, -0.05) is 13.8 Å². The van der Waals surface area contributed by atoms with Gasteiger partial charge in [0, 0.05) is 13.1 Å². The number of ether oxygens (including phenoxy) is 2. The lowest BCUT2D eigenvalue weighted by molar-refractivity contribution is -0.146. The van der Waals surface area contributed by atoms with Crippen molar-refractivity contribution in [2.45, 2.75) is 47.1 Å². The first-order valence-electron chi connectivity index (χ1n) is 7.75. The van der Waals surface area contributed by atoms with E-state index in [2.05, 4.69) is 13.8 Å². The SMILES string of the molecule is CCOC(=O)C1C2CN(C(=O)OC(C)(C)C)CC(C)C21C. The maximum Gasteiger partial charge on any atom is 0.410 e. The molecule has 1 saturated carbocycles. The smallest absolute Gasteiger partial charge is 0.410 e. The third-order valence-electron chi connectivity index (χ3n) is 4.93. The maximum atomic E-state index is 12.2. The zero-order chi connectivity index (χ0) is 16.0. The van der Waals surface area contributed by atoms with Crippen LogP contribution in [0, 0.1) is 23.2 Å². The molecular weight excluding hydrogens is 270 g/mol. The minimum atomic E-state index is -0.495. The molecule has 1 heterocycles. The molecule has 1 amide bonds. The summed E-state index contributed by atoms with van der Waals surface area (Å²) >= 11 is 0. The van der Waals surface area contributed by atoms with Gasteiger partial charge in [0.25, 0.3) is 0 Å². The number of carbonyl (C=O) groups excluding carboxylic acids is 2. The zero-order valence-corrected chi connectivity index (χ0v) is 13.9. The number of rotatable bonds is 2. The number of nitrogens with zero attached hydrogens (tertiary/aromatic N) is 1. The summed E-state index contributed by atoms with van der Waals surface area (Å²) in [7, 11) is 0. The Bertz CT molecular complexity index is 442. The molecule has 2 fully saturated rings. The number of carbonyl (C=O) groups is 2. The largest absolute Gasteiger partial charge is 0.466 e. The summed E-state index contributed by atoms with van der Waals surface area (Å²) in [5, 5.41) is 0. The van der Waals surface area contributed by atoms with Crippen LogP contribution in [-0.2, 0) is 14.3 Å². The molecule has 4 unspecified atom stereocenters. The fourth-order valence-corrected chi connectivity index (χ4v) is 3.56. The van der Waals surface area contributed by atoms with Gasteiger partial charge in [0.1, 0.15) is 5.60 Å². The number of hydrogen-bond acceptors (Lipinski definition) is 4. The predicted molar refractivity (Wildman–Crippen MR) is 78.7 cm³/mol. The van der Waals surface area contributed by atoms with Crippen LogP contribution in [0.4, 0.5) is 4.79 Å². The van der Waals surface area contributed by atoms with Gasteiger partial charge in [0.05, 0.1) is 12.5 Å². The van der Waals surface area contributed by atoms with Crippen LogP contribution in [0.25, 0.3) is 0 Å². The van der Waals surface area contributed by atoms with Gasteiger partial charge in [-0.05, 0) is 44.9 Å². The lowest BCUT2D eigenvalue weighted by atomic mass is 9.86. The molecule has 120 valence electrons. The molecule has 1 aliphatic heterocycles. The first-order valence-corrected chi connectivity index (χ1v) is 7.75. The summed E-state index contributed by atoms with van der Waals surface area (Å²) in [5.41, 5.74) is -0.532. The van der Waals surface area contributed by atoms with Gasteiger partial charge in [-0.25, -0.2) is 4.79 Å². The van der Waals surface area contributed by atoms with E-state index in [1.165, 1.54) is 0 Å². The molecule has 1 aliphatic carbocycles. The van der Waals surface area contributed by atoms with Crippen molar-refractivity contribution in [3.05, 3.63) is 0 Å². The van der Waals surface area contributed by atoms with Crippen LogP contribution < -0.4 is 0 Å². The Morgan fingerprint density at radius 3 is 2.43 bits per heavy atom. The fraction of sp³-hybridized carbons (Fsp3) is 0.875. The molecule has 0 aromatic rings. The van der Waals surface area contributed by atoms with Crippen LogP contribution in [-0.4, -0.2) is 42.3 Å². The highest BCUT2D eigenvalue weighted by atomic mass is 16.6. The second-order valence-corrected chi connectivity index (χ2v) is 7.49. The number of piperidine rings is 1. The molecule has 0 radical (unpaired) electrons. The lowest BCUT2D eigenvalue weighted by Gasteiger charge is -2.35. The summed E-state index contributed by atoms with van der Waals surface area (Å²) in [6.07, 6.45) is -0.286. The molecule has 0 spiro atoms. The highest BCUT2D eigenvalue weighted by molar-refractivity contribution is 5.78. The molecule has 0 N–H and O–H groups in total. The zero-order valence-electron chi connectivity index (χ0n) is 13.9. The van der Waals surface area contributed by atoms with E-state index < -0.39 is 5.60 Å². The molecule has 21 heavy (non-hydrogen) atoms. The van der Waals surface area contributed by atoms with E-state index in [1.54, 1.807) is 4.90 Å². The highest BCUT2D eigenvalue weighted by Crippen LogP contribution is 2.65. The van der Waals surface area contributed by atoms with Crippen LogP contribution in [0.1, 0.15) is 41.5 Å². The molecule has 4 atom stereocenters. The summed E-state index contributed by atoms with van der Waals surface area (Å²) in [6, 6.07) is 0. The molecule has 1 saturated heterocycles. The van der Waals surface area contributed by atoms with Crippen LogP contribution >= 0.6 is 0 Å². The molecule has 5 nitrogen and oxygen atoms in total. The Kier molecular flexibility index (Phi) is 3.98. The predicted octanol–water partition coefficient (Wildman–Crippen LogP) is 2.69. The third kappa shape index (κ3) is 2.87. The Hall–Kier alpha value is -1.26.